The smallest absolute Gasteiger partial charge is 0.255 e. The molecule has 1 amide bonds. The lowest BCUT2D eigenvalue weighted by molar-refractivity contribution is 0.0611. The predicted octanol–water partition coefficient (Wildman–Crippen LogP) is 3.33. The Morgan fingerprint density at radius 2 is 2.21 bits per heavy atom. The van der Waals surface area contributed by atoms with Crippen molar-refractivity contribution in [3.05, 3.63) is 59.4 Å². The van der Waals surface area contributed by atoms with E-state index >= 15 is 0 Å². The number of nitrogens with zero attached hydrogens (tertiary/aromatic N) is 3. The Balaban J connectivity index is 1.88. The van der Waals surface area contributed by atoms with Gasteiger partial charge in [-0.25, -0.2) is 4.98 Å². The molecule has 1 aliphatic rings. The summed E-state index contributed by atoms with van der Waals surface area (Å²) < 4.78 is 5.31. The van der Waals surface area contributed by atoms with E-state index in [0.29, 0.717) is 11.3 Å². The molecule has 1 saturated heterocycles. The van der Waals surface area contributed by atoms with E-state index in [-0.39, 0.29) is 11.9 Å². The number of nitriles is 1. The van der Waals surface area contributed by atoms with Crippen LogP contribution in [0.2, 0.25) is 0 Å². The Hall–Kier alpha value is -2.87. The number of carbonyl (C=O) groups is 1. The molecule has 24 heavy (non-hydrogen) atoms. The van der Waals surface area contributed by atoms with Gasteiger partial charge in [0.25, 0.3) is 5.91 Å². The maximum Gasteiger partial charge on any atom is 0.255 e. The lowest BCUT2D eigenvalue weighted by Crippen LogP contribution is -2.38. The molecule has 0 bridgehead atoms. The molecule has 3 rings (SSSR count). The fraction of sp³-hybridized carbons (Fsp3) is 0.316. The molecular weight excluding hydrogens is 302 g/mol. The zero-order valence-corrected chi connectivity index (χ0v) is 13.6. The number of pyridine rings is 1. The molecule has 1 fully saturated rings. The fourth-order valence-corrected chi connectivity index (χ4v) is 3.12. The topological polar surface area (TPSA) is 66.2 Å². The Bertz CT molecular complexity index is 765. The van der Waals surface area contributed by atoms with Gasteiger partial charge in [-0.05, 0) is 49.1 Å². The molecule has 0 aliphatic carbocycles. The molecule has 2 aromatic rings. The summed E-state index contributed by atoms with van der Waals surface area (Å²) in [7, 11) is 1.64. The van der Waals surface area contributed by atoms with Crippen LogP contribution in [-0.2, 0) is 0 Å². The third-order valence-corrected chi connectivity index (χ3v) is 4.37. The van der Waals surface area contributed by atoms with Gasteiger partial charge in [0.2, 0.25) is 0 Å². The molecule has 122 valence electrons. The number of amides is 1. The molecule has 5 nitrogen and oxygen atoms in total. The van der Waals surface area contributed by atoms with Crippen LogP contribution < -0.4 is 4.74 Å². The minimum Gasteiger partial charge on any atom is -0.497 e. The zero-order chi connectivity index (χ0) is 16.9. The van der Waals surface area contributed by atoms with Crippen molar-refractivity contribution in [3.63, 3.8) is 0 Å². The number of benzene rings is 1. The molecule has 2 heterocycles. The third kappa shape index (κ3) is 3.23. The van der Waals surface area contributed by atoms with Crippen molar-refractivity contribution in [2.75, 3.05) is 13.7 Å². The number of aromatic nitrogens is 1. The highest BCUT2D eigenvalue weighted by Gasteiger charge is 2.29. The van der Waals surface area contributed by atoms with Crippen LogP contribution in [-0.4, -0.2) is 29.4 Å². The van der Waals surface area contributed by atoms with Crippen LogP contribution >= 0.6 is 0 Å². The van der Waals surface area contributed by atoms with E-state index in [0.717, 1.165) is 37.1 Å². The van der Waals surface area contributed by atoms with Gasteiger partial charge in [-0.3, -0.25) is 4.79 Å². The quantitative estimate of drug-likeness (QED) is 0.869. The number of methoxy groups -OCH3 is 1. The van der Waals surface area contributed by atoms with E-state index in [9.17, 15) is 4.79 Å². The fourth-order valence-electron chi connectivity index (χ4n) is 3.12. The minimum absolute atomic E-state index is 0.0389. The van der Waals surface area contributed by atoms with Crippen LogP contribution in [0.5, 0.6) is 5.75 Å². The molecule has 1 unspecified atom stereocenters. The number of likely N-dealkylation sites (tertiary alicyclic amines) is 1. The van der Waals surface area contributed by atoms with Gasteiger partial charge >= 0.3 is 0 Å². The van der Waals surface area contributed by atoms with Crippen LogP contribution in [0.3, 0.4) is 0 Å². The van der Waals surface area contributed by atoms with Gasteiger partial charge in [0.1, 0.15) is 17.5 Å². The van der Waals surface area contributed by atoms with Crippen molar-refractivity contribution in [1.82, 2.24) is 9.88 Å². The van der Waals surface area contributed by atoms with Crippen LogP contribution in [0.25, 0.3) is 0 Å². The van der Waals surface area contributed by atoms with Gasteiger partial charge in [0.05, 0.1) is 18.7 Å². The molecule has 0 radical (unpaired) electrons. The number of piperidine rings is 1. The van der Waals surface area contributed by atoms with Gasteiger partial charge in [-0.2, -0.15) is 5.26 Å². The number of hydrogen-bond donors (Lipinski definition) is 0. The van der Waals surface area contributed by atoms with Crippen LogP contribution in [0.4, 0.5) is 0 Å². The summed E-state index contributed by atoms with van der Waals surface area (Å²) in [6, 6.07) is 13.2. The molecule has 5 heteroatoms. The molecule has 0 saturated carbocycles. The largest absolute Gasteiger partial charge is 0.497 e. The number of carbonyl (C=O) groups excluding carboxylic acids is 1. The summed E-state index contributed by atoms with van der Waals surface area (Å²) in [4.78, 5) is 18.8. The summed E-state index contributed by atoms with van der Waals surface area (Å²) in [5.41, 5.74) is 1.92. The average molecular weight is 321 g/mol. The van der Waals surface area contributed by atoms with E-state index in [4.69, 9.17) is 10.00 Å². The van der Waals surface area contributed by atoms with Crippen molar-refractivity contribution in [3.8, 4) is 11.8 Å². The van der Waals surface area contributed by atoms with Crippen molar-refractivity contribution < 1.29 is 9.53 Å². The van der Waals surface area contributed by atoms with Gasteiger partial charge in [0, 0.05) is 12.7 Å². The van der Waals surface area contributed by atoms with Crippen molar-refractivity contribution in [1.29, 1.82) is 5.26 Å². The Morgan fingerprint density at radius 1 is 1.33 bits per heavy atom. The first-order valence-electron chi connectivity index (χ1n) is 8.04. The van der Waals surface area contributed by atoms with Crippen LogP contribution in [0.15, 0.2) is 42.6 Å². The molecular formula is C19H19N3O2. The summed E-state index contributed by atoms with van der Waals surface area (Å²) in [5.74, 6) is 0.755. The van der Waals surface area contributed by atoms with Crippen molar-refractivity contribution >= 4 is 5.91 Å². The van der Waals surface area contributed by atoms with Gasteiger partial charge in [-0.15, -0.1) is 0 Å². The molecule has 0 N–H and O–H groups in total. The van der Waals surface area contributed by atoms with E-state index in [1.807, 2.05) is 35.2 Å². The van der Waals surface area contributed by atoms with Gasteiger partial charge in [-0.1, -0.05) is 12.1 Å². The number of ether oxygens (including phenoxy) is 1. The lowest BCUT2D eigenvalue weighted by Gasteiger charge is -2.36. The first kappa shape index (κ1) is 16.0. The Morgan fingerprint density at radius 3 is 2.92 bits per heavy atom. The van der Waals surface area contributed by atoms with Gasteiger partial charge < -0.3 is 9.64 Å². The Labute approximate surface area is 141 Å². The maximum atomic E-state index is 12.9. The number of hydrogen-bond acceptors (Lipinski definition) is 4. The number of rotatable bonds is 3. The SMILES string of the molecule is COc1cccc(C2CCCCN2C(=O)c2ccc(C#N)nc2)c1. The molecule has 1 atom stereocenters. The van der Waals surface area contributed by atoms with Crippen molar-refractivity contribution in [2.24, 2.45) is 0 Å². The molecule has 1 aliphatic heterocycles. The second-order valence-electron chi connectivity index (χ2n) is 5.83. The second kappa shape index (κ2) is 7.14. The van der Waals surface area contributed by atoms with Crippen LogP contribution in [0.1, 0.15) is 46.9 Å². The van der Waals surface area contributed by atoms with E-state index in [1.165, 1.54) is 6.20 Å². The maximum absolute atomic E-state index is 12.9. The van der Waals surface area contributed by atoms with E-state index < -0.39 is 0 Å². The highest BCUT2D eigenvalue weighted by atomic mass is 16.5. The first-order chi connectivity index (χ1) is 11.7. The highest BCUT2D eigenvalue weighted by Crippen LogP contribution is 2.33. The molecule has 0 spiro atoms. The summed E-state index contributed by atoms with van der Waals surface area (Å²) in [5, 5.41) is 8.84. The normalized spacial score (nSPS) is 17.2. The van der Waals surface area contributed by atoms with E-state index in [2.05, 4.69) is 4.98 Å². The summed E-state index contributed by atoms with van der Waals surface area (Å²) in [6.07, 6.45) is 4.51. The lowest BCUT2D eigenvalue weighted by atomic mass is 9.94. The zero-order valence-electron chi connectivity index (χ0n) is 13.6. The highest BCUT2D eigenvalue weighted by molar-refractivity contribution is 5.94. The summed E-state index contributed by atoms with van der Waals surface area (Å²) >= 11 is 0. The standard InChI is InChI=1S/C19H19N3O2/c1-24-17-6-4-5-14(11-17)18-7-2-3-10-22(18)19(23)15-8-9-16(12-20)21-13-15/h4-6,8-9,11,13,18H,2-3,7,10H2,1H3. The van der Waals surface area contributed by atoms with Gasteiger partial charge in [0.15, 0.2) is 0 Å². The minimum atomic E-state index is -0.0421. The molecule has 1 aromatic heterocycles. The monoisotopic (exact) mass is 321 g/mol. The van der Waals surface area contributed by atoms with Crippen molar-refractivity contribution in [2.45, 2.75) is 25.3 Å². The van der Waals surface area contributed by atoms with Crippen LogP contribution in [0, 0.1) is 11.3 Å². The summed E-state index contributed by atoms with van der Waals surface area (Å²) in [6.45, 7) is 0.723. The first-order valence-corrected chi connectivity index (χ1v) is 8.04. The predicted molar refractivity (Wildman–Crippen MR) is 89.6 cm³/mol. The second-order valence-corrected chi connectivity index (χ2v) is 5.83. The third-order valence-electron chi connectivity index (χ3n) is 4.37. The van der Waals surface area contributed by atoms with E-state index in [1.54, 1.807) is 19.2 Å². The Kier molecular flexibility index (Phi) is 4.76. The average Bonchev–Trinajstić information content (AvgIpc) is 2.67. The molecule has 1 aromatic carbocycles.